The second kappa shape index (κ2) is 8.18. The number of carbonyl (C=O) groups excluding carboxylic acids is 1. The molecule has 0 saturated carbocycles. The van der Waals surface area contributed by atoms with Crippen LogP contribution < -0.4 is 5.32 Å². The molecule has 1 aliphatic rings. The van der Waals surface area contributed by atoms with Gasteiger partial charge in [-0.3, -0.25) is 14.1 Å². The molecule has 0 unspecified atom stereocenters. The van der Waals surface area contributed by atoms with Crippen LogP contribution >= 0.6 is 15.9 Å². The summed E-state index contributed by atoms with van der Waals surface area (Å²) in [4.78, 5) is 23.8. The molecule has 32 heavy (non-hydrogen) atoms. The zero-order valence-electron chi connectivity index (χ0n) is 17.1. The summed E-state index contributed by atoms with van der Waals surface area (Å²) in [6.45, 7) is 3.87. The van der Waals surface area contributed by atoms with Gasteiger partial charge in [0.2, 0.25) is 11.7 Å². The molecule has 4 heterocycles. The molecule has 9 nitrogen and oxygen atoms in total. The number of benzene rings is 1. The van der Waals surface area contributed by atoms with Gasteiger partial charge in [-0.15, -0.1) is 0 Å². The average molecular weight is 492 g/mol. The minimum atomic E-state index is -0.269. The van der Waals surface area contributed by atoms with Gasteiger partial charge in [0.1, 0.15) is 11.3 Å². The molecule has 1 N–H and O–H groups in total. The molecule has 5 rings (SSSR count). The Labute approximate surface area is 191 Å². The summed E-state index contributed by atoms with van der Waals surface area (Å²) in [5.74, 6) is 0.759. The standard InChI is InChI=1S/C22H18BrN7O2/c1-13-2-3-15(21-27-20(32-28-21)12-29-9-14(7-24)10-29)6-17(13)26-22(31)18-8-25-19-5-4-16(23)11-30(18)19/h2-6,8,11,14H,9-10,12H2,1H3,(H,26,31). The van der Waals surface area contributed by atoms with E-state index >= 15 is 0 Å². The Kier molecular flexibility index (Phi) is 5.20. The van der Waals surface area contributed by atoms with E-state index in [1.807, 2.05) is 37.3 Å². The van der Waals surface area contributed by atoms with Crippen molar-refractivity contribution in [3.63, 3.8) is 0 Å². The van der Waals surface area contributed by atoms with Crippen molar-refractivity contribution in [1.82, 2.24) is 24.4 Å². The number of anilines is 1. The third kappa shape index (κ3) is 3.88. The first-order chi connectivity index (χ1) is 15.5. The van der Waals surface area contributed by atoms with Crippen LogP contribution in [0.2, 0.25) is 0 Å². The highest BCUT2D eigenvalue weighted by atomic mass is 79.9. The fourth-order valence-electron chi connectivity index (χ4n) is 3.61. The number of imidazole rings is 1. The monoisotopic (exact) mass is 491 g/mol. The number of fused-ring (bicyclic) bond motifs is 1. The molecule has 0 atom stereocenters. The molecule has 0 spiro atoms. The van der Waals surface area contributed by atoms with E-state index in [0.717, 1.165) is 28.7 Å². The molecule has 1 amide bonds. The topological polar surface area (TPSA) is 112 Å². The second-order valence-corrected chi connectivity index (χ2v) is 8.65. The van der Waals surface area contributed by atoms with Gasteiger partial charge in [0, 0.05) is 35.0 Å². The van der Waals surface area contributed by atoms with Gasteiger partial charge in [0.15, 0.2) is 0 Å². The molecule has 3 aromatic heterocycles. The van der Waals surface area contributed by atoms with Crippen molar-refractivity contribution >= 4 is 33.2 Å². The quantitative estimate of drug-likeness (QED) is 0.453. The molecule has 1 aromatic carbocycles. The lowest BCUT2D eigenvalue weighted by molar-refractivity contribution is 0.102. The Morgan fingerprint density at radius 1 is 1.34 bits per heavy atom. The summed E-state index contributed by atoms with van der Waals surface area (Å²) >= 11 is 3.43. The van der Waals surface area contributed by atoms with E-state index in [0.29, 0.717) is 35.3 Å². The van der Waals surface area contributed by atoms with Crippen molar-refractivity contribution in [2.45, 2.75) is 13.5 Å². The lowest BCUT2D eigenvalue weighted by Crippen LogP contribution is -2.45. The van der Waals surface area contributed by atoms with E-state index in [1.54, 1.807) is 16.8 Å². The Balaban J connectivity index is 1.34. The highest BCUT2D eigenvalue weighted by Gasteiger charge is 2.27. The van der Waals surface area contributed by atoms with Gasteiger partial charge in [-0.1, -0.05) is 17.3 Å². The SMILES string of the molecule is Cc1ccc(-c2noc(CN3CC(C#N)C3)n2)cc1NC(=O)c1cnc2ccc(Br)cn12. The van der Waals surface area contributed by atoms with E-state index in [2.05, 4.69) is 47.3 Å². The number of hydrogen-bond acceptors (Lipinski definition) is 7. The van der Waals surface area contributed by atoms with Gasteiger partial charge in [-0.25, -0.2) is 4.98 Å². The zero-order chi connectivity index (χ0) is 22.2. The maximum Gasteiger partial charge on any atom is 0.274 e. The molecule has 160 valence electrons. The molecule has 4 aromatic rings. The lowest BCUT2D eigenvalue weighted by Gasteiger charge is -2.33. The molecular weight excluding hydrogens is 474 g/mol. The number of hydrogen-bond donors (Lipinski definition) is 1. The van der Waals surface area contributed by atoms with E-state index in [9.17, 15) is 4.79 Å². The van der Waals surface area contributed by atoms with Gasteiger partial charge >= 0.3 is 0 Å². The number of nitrogens with one attached hydrogen (secondary N) is 1. The summed E-state index contributed by atoms with van der Waals surface area (Å²) < 4.78 is 7.96. The zero-order valence-corrected chi connectivity index (χ0v) is 18.7. The van der Waals surface area contributed by atoms with Crippen molar-refractivity contribution < 1.29 is 9.32 Å². The average Bonchev–Trinajstić information content (AvgIpc) is 3.38. The summed E-state index contributed by atoms with van der Waals surface area (Å²) in [5.41, 5.74) is 3.41. The van der Waals surface area contributed by atoms with E-state index in [1.165, 1.54) is 0 Å². The number of carbonyl (C=O) groups is 1. The lowest BCUT2D eigenvalue weighted by atomic mass is 10.0. The van der Waals surface area contributed by atoms with E-state index in [4.69, 9.17) is 9.78 Å². The highest BCUT2D eigenvalue weighted by molar-refractivity contribution is 9.10. The van der Waals surface area contributed by atoms with Crippen LogP contribution in [0.15, 0.2) is 51.7 Å². The minimum absolute atomic E-state index is 0.0784. The van der Waals surface area contributed by atoms with Crippen molar-refractivity contribution in [3.8, 4) is 17.5 Å². The second-order valence-electron chi connectivity index (χ2n) is 7.73. The Hall–Kier alpha value is -3.55. The first kappa shape index (κ1) is 20.4. The predicted molar refractivity (Wildman–Crippen MR) is 120 cm³/mol. The number of pyridine rings is 1. The Bertz CT molecular complexity index is 1360. The molecule has 0 radical (unpaired) electrons. The molecule has 1 aliphatic heterocycles. The third-order valence-electron chi connectivity index (χ3n) is 5.41. The maximum absolute atomic E-state index is 13.0. The molecule has 1 saturated heterocycles. The minimum Gasteiger partial charge on any atom is -0.338 e. The third-order valence-corrected chi connectivity index (χ3v) is 5.88. The van der Waals surface area contributed by atoms with Gasteiger partial charge in [-0.05, 0) is 46.6 Å². The maximum atomic E-state index is 13.0. The Morgan fingerprint density at radius 3 is 3.00 bits per heavy atom. The van der Waals surface area contributed by atoms with Crippen LogP contribution in [0.5, 0.6) is 0 Å². The summed E-state index contributed by atoms with van der Waals surface area (Å²) in [6.07, 6.45) is 3.35. The molecular formula is C22H18BrN7O2. The van der Waals surface area contributed by atoms with Gasteiger partial charge in [-0.2, -0.15) is 10.2 Å². The van der Waals surface area contributed by atoms with Crippen LogP contribution in [0, 0.1) is 24.2 Å². The number of likely N-dealkylation sites (tertiary alicyclic amines) is 1. The summed E-state index contributed by atoms with van der Waals surface area (Å²) in [6, 6.07) is 11.6. The largest absolute Gasteiger partial charge is 0.338 e. The highest BCUT2D eigenvalue weighted by Crippen LogP contribution is 2.25. The van der Waals surface area contributed by atoms with Gasteiger partial charge < -0.3 is 9.84 Å². The normalized spacial score (nSPS) is 14.3. The number of halogens is 1. The van der Waals surface area contributed by atoms with Crippen molar-refractivity contribution in [1.29, 1.82) is 5.26 Å². The number of rotatable bonds is 5. The van der Waals surface area contributed by atoms with Crippen LogP contribution in [0.4, 0.5) is 5.69 Å². The Morgan fingerprint density at radius 2 is 2.19 bits per heavy atom. The van der Waals surface area contributed by atoms with Gasteiger partial charge in [0.05, 0.1) is 24.7 Å². The van der Waals surface area contributed by atoms with E-state index < -0.39 is 0 Å². The van der Waals surface area contributed by atoms with Crippen LogP contribution in [-0.2, 0) is 6.54 Å². The fourth-order valence-corrected chi connectivity index (χ4v) is 3.95. The predicted octanol–water partition coefficient (Wildman–Crippen LogP) is 3.66. The van der Waals surface area contributed by atoms with Crippen LogP contribution in [-0.4, -0.2) is 43.4 Å². The molecule has 1 fully saturated rings. The fraction of sp³-hybridized carbons (Fsp3) is 0.227. The number of aromatic nitrogens is 4. The van der Waals surface area contributed by atoms with Crippen LogP contribution in [0.3, 0.4) is 0 Å². The van der Waals surface area contributed by atoms with E-state index in [-0.39, 0.29) is 11.8 Å². The van der Waals surface area contributed by atoms with Crippen LogP contribution in [0.25, 0.3) is 17.0 Å². The number of nitriles is 1. The van der Waals surface area contributed by atoms with Gasteiger partial charge in [0.25, 0.3) is 5.91 Å². The van der Waals surface area contributed by atoms with Crippen molar-refractivity contribution in [3.05, 3.63) is 64.3 Å². The summed E-state index contributed by atoms with van der Waals surface area (Å²) in [5, 5.41) is 15.9. The van der Waals surface area contributed by atoms with Crippen LogP contribution in [0.1, 0.15) is 21.9 Å². The molecule has 0 aliphatic carbocycles. The smallest absolute Gasteiger partial charge is 0.274 e. The summed E-state index contributed by atoms with van der Waals surface area (Å²) in [7, 11) is 0. The van der Waals surface area contributed by atoms with Crippen molar-refractivity contribution in [2.24, 2.45) is 5.92 Å². The number of amides is 1. The number of aryl methyl sites for hydroxylation is 1. The molecule has 10 heteroatoms. The van der Waals surface area contributed by atoms with Crippen molar-refractivity contribution in [2.75, 3.05) is 18.4 Å². The first-order valence-corrected chi connectivity index (χ1v) is 10.8. The first-order valence-electron chi connectivity index (χ1n) is 9.99. The molecule has 0 bridgehead atoms. The number of nitrogens with zero attached hydrogens (tertiary/aromatic N) is 6.